The van der Waals surface area contributed by atoms with Crippen molar-refractivity contribution in [2.75, 3.05) is 0 Å². The minimum atomic E-state index is -0.246. The van der Waals surface area contributed by atoms with Crippen LogP contribution in [0.25, 0.3) is 11.1 Å². The first kappa shape index (κ1) is 26.0. The molecule has 2 aliphatic rings. The molecule has 29 heavy (non-hydrogen) atoms. The third-order valence-corrected chi connectivity index (χ3v) is 5.49. The molecule has 2 aliphatic carbocycles. The average Bonchev–Trinajstić information content (AvgIpc) is 3.26. The van der Waals surface area contributed by atoms with E-state index in [9.17, 15) is 0 Å². The Kier molecular flexibility index (Phi) is 8.81. The van der Waals surface area contributed by atoms with E-state index < -0.39 is 0 Å². The van der Waals surface area contributed by atoms with Gasteiger partial charge in [0.2, 0.25) is 0 Å². The van der Waals surface area contributed by atoms with Gasteiger partial charge in [0.15, 0.2) is 0 Å². The van der Waals surface area contributed by atoms with Crippen LogP contribution in [0.15, 0.2) is 66.3 Å². The number of fused-ring (bicyclic) bond motifs is 3. The first-order chi connectivity index (χ1) is 12.4. The SMILES string of the molecule is CC(C)(C)C#CC(C)(C1=CC=CC1)c1cccc2c1Cc1ccccc1-2.[Cl-].[Cl-].[Zr+2]. The number of hydrogen-bond acceptors (Lipinski definition) is 0. The molecule has 0 aromatic heterocycles. The van der Waals surface area contributed by atoms with Crippen LogP contribution in [-0.4, -0.2) is 0 Å². The van der Waals surface area contributed by atoms with Gasteiger partial charge in [-0.3, -0.25) is 0 Å². The van der Waals surface area contributed by atoms with E-state index in [4.69, 9.17) is 0 Å². The Morgan fingerprint density at radius 1 is 0.828 bits per heavy atom. The van der Waals surface area contributed by atoms with Crippen LogP contribution in [0.3, 0.4) is 0 Å². The molecule has 4 rings (SSSR count). The van der Waals surface area contributed by atoms with Crippen molar-refractivity contribution >= 4 is 0 Å². The van der Waals surface area contributed by atoms with Gasteiger partial charge in [0.25, 0.3) is 0 Å². The van der Waals surface area contributed by atoms with Crippen molar-refractivity contribution in [3.63, 3.8) is 0 Å². The molecule has 0 saturated heterocycles. The number of halogens is 2. The summed E-state index contributed by atoms with van der Waals surface area (Å²) in [5.74, 6) is 7.22. The molecule has 0 spiro atoms. The molecule has 0 amide bonds. The van der Waals surface area contributed by atoms with Crippen LogP contribution in [-0.2, 0) is 38.0 Å². The zero-order chi connectivity index (χ0) is 18.4. The summed E-state index contributed by atoms with van der Waals surface area (Å²) in [5.41, 5.74) is 8.17. The molecule has 3 heteroatoms. The summed E-state index contributed by atoms with van der Waals surface area (Å²) in [6.07, 6.45) is 8.68. The van der Waals surface area contributed by atoms with Crippen LogP contribution in [0.1, 0.15) is 50.8 Å². The Morgan fingerprint density at radius 2 is 1.52 bits per heavy atom. The molecule has 0 nitrogen and oxygen atoms in total. The van der Waals surface area contributed by atoms with Crippen molar-refractivity contribution in [2.24, 2.45) is 5.41 Å². The van der Waals surface area contributed by atoms with Crippen LogP contribution in [0.5, 0.6) is 0 Å². The van der Waals surface area contributed by atoms with Crippen LogP contribution >= 0.6 is 0 Å². The van der Waals surface area contributed by atoms with Crippen molar-refractivity contribution in [1.82, 2.24) is 0 Å². The molecule has 1 unspecified atom stereocenters. The molecular weight excluding hydrogens is 474 g/mol. The van der Waals surface area contributed by atoms with Gasteiger partial charge in [-0.1, -0.05) is 72.5 Å². The summed E-state index contributed by atoms with van der Waals surface area (Å²) in [6, 6.07) is 15.6. The van der Waals surface area contributed by atoms with E-state index in [1.165, 1.54) is 33.4 Å². The smallest absolute Gasteiger partial charge is 1.00 e. The quantitative estimate of drug-likeness (QED) is 0.449. The van der Waals surface area contributed by atoms with Crippen LogP contribution < -0.4 is 24.8 Å². The fraction of sp³-hybridized carbons (Fsp3) is 0.308. The Hall–Kier alpha value is -1.06. The fourth-order valence-corrected chi connectivity index (χ4v) is 4.08. The van der Waals surface area contributed by atoms with Gasteiger partial charge in [0, 0.05) is 5.41 Å². The van der Waals surface area contributed by atoms with Gasteiger partial charge in [-0.2, -0.15) is 0 Å². The van der Waals surface area contributed by atoms with Crippen molar-refractivity contribution in [2.45, 2.75) is 46.0 Å². The summed E-state index contributed by atoms with van der Waals surface area (Å²) in [4.78, 5) is 0. The molecular formula is C26H26Cl2Zr. The number of allylic oxidation sites excluding steroid dienone is 4. The van der Waals surface area contributed by atoms with Gasteiger partial charge >= 0.3 is 26.2 Å². The Morgan fingerprint density at radius 3 is 2.17 bits per heavy atom. The summed E-state index contributed by atoms with van der Waals surface area (Å²) in [6.45, 7) is 8.87. The Balaban J connectivity index is 0.00000140. The first-order valence-corrected chi connectivity index (χ1v) is 9.50. The maximum atomic E-state index is 3.69. The molecule has 0 saturated carbocycles. The van der Waals surface area contributed by atoms with Crippen molar-refractivity contribution in [3.05, 3.63) is 83.0 Å². The van der Waals surface area contributed by atoms with Crippen molar-refractivity contribution in [1.29, 1.82) is 0 Å². The fourth-order valence-electron chi connectivity index (χ4n) is 4.08. The van der Waals surface area contributed by atoms with Gasteiger partial charge in [-0.25, -0.2) is 0 Å². The van der Waals surface area contributed by atoms with E-state index in [1.54, 1.807) is 0 Å². The maximum Gasteiger partial charge on any atom is 2.00 e. The van der Waals surface area contributed by atoms with E-state index in [1.807, 2.05) is 0 Å². The minimum absolute atomic E-state index is 0. The first-order valence-electron chi connectivity index (χ1n) is 9.50. The maximum absolute atomic E-state index is 3.69. The van der Waals surface area contributed by atoms with Gasteiger partial charge in [-0.15, -0.1) is 0 Å². The van der Waals surface area contributed by atoms with Crippen molar-refractivity contribution < 1.29 is 51.0 Å². The van der Waals surface area contributed by atoms with Crippen molar-refractivity contribution in [3.8, 4) is 23.0 Å². The molecule has 0 fully saturated rings. The number of hydrogen-bond donors (Lipinski definition) is 0. The third-order valence-electron chi connectivity index (χ3n) is 5.49. The average molecular weight is 501 g/mol. The molecule has 1 atom stereocenters. The van der Waals surface area contributed by atoms with Gasteiger partial charge < -0.3 is 24.8 Å². The number of benzene rings is 2. The second-order valence-electron chi connectivity index (χ2n) is 8.61. The molecule has 0 bridgehead atoms. The van der Waals surface area contributed by atoms with Crippen LogP contribution in [0, 0.1) is 17.3 Å². The van der Waals surface area contributed by atoms with Gasteiger partial charge in [0.1, 0.15) is 0 Å². The van der Waals surface area contributed by atoms with Crippen LogP contribution in [0.4, 0.5) is 0 Å². The van der Waals surface area contributed by atoms with E-state index in [-0.39, 0.29) is 61.8 Å². The van der Waals surface area contributed by atoms with E-state index in [2.05, 4.69) is 100 Å². The topological polar surface area (TPSA) is 0 Å². The summed E-state index contributed by atoms with van der Waals surface area (Å²) in [7, 11) is 0. The second kappa shape index (κ2) is 9.83. The monoisotopic (exact) mass is 498 g/mol. The molecule has 0 N–H and O–H groups in total. The van der Waals surface area contributed by atoms with E-state index in [0.29, 0.717) is 0 Å². The van der Waals surface area contributed by atoms with Crippen LogP contribution in [0.2, 0.25) is 0 Å². The van der Waals surface area contributed by atoms with E-state index >= 15 is 0 Å². The van der Waals surface area contributed by atoms with E-state index in [0.717, 1.165) is 12.8 Å². The largest absolute Gasteiger partial charge is 2.00 e. The zero-order valence-corrected chi connectivity index (χ0v) is 21.4. The molecule has 0 aliphatic heterocycles. The standard InChI is InChI=1S/C26H26.2ClH.Zr/c1-25(2,3)16-17-26(4,20-11-6-7-12-20)24-15-9-14-22-21-13-8-5-10-19(21)18-23(22)24;;;/h5-11,13-15H,12,18H2,1-4H3;2*1H;/q;;;+2/p-2. The molecule has 2 aromatic rings. The van der Waals surface area contributed by atoms with Gasteiger partial charge in [-0.05, 0) is 73.9 Å². The molecule has 148 valence electrons. The minimum Gasteiger partial charge on any atom is -1.00 e. The molecule has 0 heterocycles. The normalized spacial score (nSPS) is 15.2. The predicted octanol–water partition coefficient (Wildman–Crippen LogP) is 0.457. The number of rotatable bonds is 2. The molecule has 2 aromatic carbocycles. The Labute approximate surface area is 207 Å². The summed E-state index contributed by atoms with van der Waals surface area (Å²) in [5, 5.41) is 0. The predicted molar refractivity (Wildman–Crippen MR) is 111 cm³/mol. The third kappa shape index (κ3) is 4.99. The Bertz CT molecular complexity index is 999. The zero-order valence-electron chi connectivity index (χ0n) is 17.4. The second-order valence-corrected chi connectivity index (χ2v) is 8.61. The summed E-state index contributed by atoms with van der Waals surface area (Å²) < 4.78 is 0. The van der Waals surface area contributed by atoms with Gasteiger partial charge in [0.05, 0.1) is 5.41 Å². The molecule has 0 radical (unpaired) electrons. The summed E-state index contributed by atoms with van der Waals surface area (Å²) >= 11 is 0.